The zero-order valence-electron chi connectivity index (χ0n) is 19.8. The minimum absolute atomic E-state index is 0.0231. The lowest BCUT2D eigenvalue weighted by Crippen LogP contribution is -2.60. The number of amides is 3. The van der Waals surface area contributed by atoms with Crippen LogP contribution in [0.4, 0.5) is 5.69 Å². The minimum atomic E-state index is -0.424. The highest BCUT2D eigenvalue weighted by Crippen LogP contribution is 2.55. The summed E-state index contributed by atoms with van der Waals surface area (Å²) in [7, 11) is 0. The maximum atomic E-state index is 12.9. The molecule has 0 aromatic heterocycles. The van der Waals surface area contributed by atoms with Crippen LogP contribution in [0.5, 0.6) is 0 Å². The molecule has 0 saturated heterocycles. The highest BCUT2D eigenvalue weighted by Gasteiger charge is 2.51. The Labute approximate surface area is 225 Å². The van der Waals surface area contributed by atoms with Crippen molar-refractivity contribution in [2.75, 3.05) is 17.6 Å². The van der Waals surface area contributed by atoms with E-state index in [4.69, 9.17) is 23.2 Å². The van der Waals surface area contributed by atoms with Gasteiger partial charge in [0, 0.05) is 15.5 Å². The highest BCUT2D eigenvalue weighted by molar-refractivity contribution is 8.00. The van der Waals surface area contributed by atoms with E-state index in [1.165, 1.54) is 31.0 Å². The van der Waals surface area contributed by atoms with Gasteiger partial charge in [-0.05, 0) is 86.6 Å². The fraction of sp³-hybridized carbons (Fsp3) is 0.444. The Morgan fingerprint density at radius 3 is 2.28 bits per heavy atom. The van der Waals surface area contributed by atoms with Crippen LogP contribution in [0.3, 0.4) is 0 Å². The van der Waals surface area contributed by atoms with Crippen LogP contribution in [0.1, 0.15) is 48.9 Å². The normalized spacial score (nSPS) is 25.9. The Morgan fingerprint density at radius 1 is 0.917 bits per heavy atom. The topological polar surface area (TPSA) is 87.3 Å². The summed E-state index contributed by atoms with van der Waals surface area (Å²) < 4.78 is 0. The number of rotatable bonds is 8. The van der Waals surface area contributed by atoms with Crippen molar-refractivity contribution in [1.82, 2.24) is 10.6 Å². The number of carbonyl (C=O) groups is 3. The number of benzene rings is 2. The molecule has 3 N–H and O–H groups in total. The molecule has 9 heteroatoms. The van der Waals surface area contributed by atoms with Crippen LogP contribution in [0.2, 0.25) is 10.0 Å². The van der Waals surface area contributed by atoms with Crippen molar-refractivity contribution in [1.29, 1.82) is 0 Å². The molecule has 36 heavy (non-hydrogen) atoms. The first-order valence-corrected chi connectivity index (χ1v) is 14.1. The summed E-state index contributed by atoms with van der Waals surface area (Å²) in [6.45, 7) is -0.229. The summed E-state index contributed by atoms with van der Waals surface area (Å²) in [5, 5.41) is 9.47. The van der Waals surface area contributed by atoms with Crippen molar-refractivity contribution >= 4 is 58.4 Å². The van der Waals surface area contributed by atoms with Crippen LogP contribution in [0.25, 0.3) is 0 Å². The monoisotopic (exact) mass is 545 g/mol. The van der Waals surface area contributed by atoms with Gasteiger partial charge < -0.3 is 16.0 Å². The van der Waals surface area contributed by atoms with Gasteiger partial charge in [-0.1, -0.05) is 35.3 Å². The largest absolute Gasteiger partial charge is 0.350 e. The van der Waals surface area contributed by atoms with E-state index in [-0.39, 0.29) is 29.7 Å². The van der Waals surface area contributed by atoms with Gasteiger partial charge >= 0.3 is 0 Å². The average molecular weight is 547 g/mol. The maximum Gasteiger partial charge on any atom is 0.252 e. The summed E-state index contributed by atoms with van der Waals surface area (Å²) in [4.78, 5) is 38.8. The summed E-state index contributed by atoms with van der Waals surface area (Å²) in [6, 6.07) is 11.9. The van der Waals surface area contributed by atoms with Crippen molar-refractivity contribution in [2.45, 2.75) is 49.0 Å². The van der Waals surface area contributed by atoms with Gasteiger partial charge in [-0.15, -0.1) is 11.8 Å². The molecule has 4 fully saturated rings. The number of hydrogen-bond donors (Lipinski definition) is 3. The second kappa shape index (κ2) is 10.6. The van der Waals surface area contributed by atoms with Crippen molar-refractivity contribution < 1.29 is 14.4 Å². The Hall–Kier alpha value is -2.22. The Morgan fingerprint density at radius 2 is 1.58 bits per heavy atom. The molecule has 4 aliphatic carbocycles. The lowest BCUT2D eigenvalue weighted by Gasteiger charge is -2.56. The van der Waals surface area contributed by atoms with Gasteiger partial charge in [-0.2, -0.15) is 0 Å². The summed E-state index contributed by atoms with van der Waals surface area (Å²) in [5.41, 5.74) is 0.783. The minimum Gasteiger partial charge on any atom is -0.350 e. The molecular formula is C27H29Cl2N3O3S. The molecule has 0 heterocycles. The molecule has 0 atom stereocenters. The van der Waals surface area contributed by atoms with Gasteiger partial charge in [0.1, 0.15) is 0 Å². The van der Waals surface area contributed by atoms with Crippen molar-refractivity contribution in [3.63, 3.8) is 0 Å². The molecule has 0 unspecified atom stereocenters. The van der Waals surface area contributed by atoms with E-state index in [1.807, 2.05) is 12.1 Å². The summed E-state index contributed by atoms with van der Waals surface area (Å²) >= 11 is 13.4. The van der Waals surface area contributed by atoms with E-state index >= 15 is 0 Å². The van der Waals surface area contributed by atoms with E-state index in [9.17, 15) is 14.4 Å². The quantitative estimate of drug-likeness (QED) is 0.380. The highest BCUT2D eigenvalue weighted by atomic mass is 35.5. The molecule has 4 saturated carbocycles. The third kappa shape index (κ3) is 5.84. The molecule has 0 aliphatic heterocycles. The predicted molar refractivity (Wildman–Crippen MR) is 144 cm³/mol. The lowest BCUT2D eigenvalue weighted by atomic mass is 9.53. The molecule has 4 bridgehead atoms. The second-order valence-electron chi connectivity index (χ2n) is 10.4. The molecule has 6 nitrogen and oxygen atoms in total. The van der Waals surface area contributed by atoms with Crippen molar-refractivity contribution in [2.24, 2.45) is 17.8 Å². The standard InChI is InChI=1S/C27H29Cl2N3O3S/c28-19-5-6-21(29)22(10-19)31-24(33)14-30-26(35)20-3-1-2-4-23(20)36-15-25(34)32-27-11-16-7-17(12-27)9-18(8-16)13-27/h1-6,10,16-18H,7-9,11-15H2,(H,30,35)(H,31,33)(H,32,34). The molecule has 0 radical (unpaired) electrons. The number of halogens is 2. The van der Waals surface area contributed by atoms with Crippen molar-refractivity contribution in [3.05, 3.63) is 58.1 Å². The number of thioether (sulfide) groups is 1. The van der Waals surface area contributed by atoms with Gasteiger partial charge in [0.25, 0.3) is 5.91 Å². The molecule has 6 rings (SSSR count). The van der Waals surface area contributed by atoms with E-state index in [1.54, 1.807) is 30.3 Å². The van der Waals surface area contributed by atoms with Crippen LogP contribution in [0, 0.1) is 17.8 Å². The Kier molecular flexibility index (Phi) is 7.52. The molecule has 190 valence electrons. The Bertz CT molecular complexity index is 1150. The number of carbonyl (C=O) groups excluding carboxylic acids is 3. The number of hydrogen-bond acceptors (Lipinski definition) is 4. The number of anilines is 1. The van der Waals surface area contributed by atoms with Crippen molar-refractivity contribution in [3.8, 4) is 0 Å². The summed E-state index contributed by atoms with van der Waals surface area (Å²) in [6.07, 6.45) is 7.31. The molecule has 3 amide bonds. The predicted octanol–water partition coefficient (Wildman–Crippen LogP) is 5.54. The average Bonchev–Trinajstić information content (AvgIpc) is 2.82. The first-order chi connectivity index (χ1) is 17.3. The number of nitrogens with one attached hydrogen (secondary N) is 3. The summed E-state index contributed by atoms with van der Waals surface area (Å²) in [5.74, 6) is 1.76. The van der Waals surface area contributed by atoms with Crippen LogP contribution in [-0.4, -0.2) is 35.6 Å². The zero-order valence-corrected chi connectivity index (χ0v) is 22.1. The van der Waals surface area contributed by atoms with Crippen LogP contribution in [0.15, 0.2) is 47.4 Å². The van der Waals surface area contributed by atoms with E-state index in [2.05, 4.69) is 16.0 Å². The zero-order chi connectivity index (χ0) is 25.3. The van der Waals surface area contributed by atoms with Crippen LogP contribution < -0.4 is 16.0 Å². The third-order valence-corrected chi connectivity index (χ3v) is 9.18. The molecule has 4 aliphatic rings. The molecule has 2 aromatic carbocycles. The molecule has 0 spiro atoms. The fourth-order valence-electron chi connectivity index (χ4n) is 6.56. The smallest absolute Gasteiger partial charge is 0.252 e. The lowest BCUT2D eigenvalue weighted by molar-refractivity contribution is -0.124. The SMILES string of the molecule is O=C(CNC(=O)c1ccccc1SCC(=O)NC12CC3CC(CC(C3)C1)C2)Nc1cc(Cl)ccc1Cl. The fourth-order valence-corrected chi connectivity index (χ4v) is 7.75. The third-order valence-electron chi connectivity index (χ3n) is 7.55. The molecule has 2 aromatic rings. The van der Waals surface area contributed by atoms with Crippen LogP contribution in [-0.2, 0) is 9.59 Å². The first-order valence-electron chi connectivity index (χ1n) is 12.3. The first kappa shape index (κ1) is 25.4. The second-order valence-corrected chi connectivity index (χ2v) is 12.2. The molecular weight excluding hydrogens is 517 g/mol. The van der Waals surface area contributed by atoms with E-state index in [0.717, 1.165) is 37.0 Å². The van der Waals surface area contributed by atoms with Gasteiger partial charge in [0.05, 0.1) is 28.6 Å². The van der Waals surface area contributed by atoms with Crippen LogP contribution >= 0.6 is 35.0 Å². The van der Waals surface area contributed by atoms with E-state index in [0.29, 0.717) is 26.2 Å². The van der Waals surface area contributed by atoms with E-state index < -0.39 is 5.91 Å². The van der Waals surface area contributed by atoms with Gasteiger partial charge in [-0.3, -0.25) is 14.4 Å². The van der Waals surface area contributed by atoms with Gasteiger partial charge in [0.15, 0.2) is 0 Å². The van der Waals surface area contributed by atoms with Gasteiger partial charge in [0.2, 0.25) is 11.8 Å². The Balaban J connectivity index is 1.14. The van der Waals surface area contributed by atoms with Gasteiger partial charge in [-0.25, -0.2) is 0 Å². The maximum absolute atomic E-state index is 12.9.